The third kappa shape index (κ3) is 0.789. The van der Waals surface area contributed by atoms with Gasteiger partial charge in [0.1, 0.15) is 0 Å². The first-order valence-electron chi connectivity index (χ1n) is 3.89. The normalized spacial score (nSPS) is 51.2. The summed E-state index contributed by atoms with van der Waals surface area (Å²) in [4.78, 5) is 0. The molecule has 2 rings (SSSR count). The van der Waals surface area contributed by atoms with Crippen LogP contribution in [0.2, 0.25) is 0 Å². The van der Waals surface area contributed by atoms with Crippen LogP contribution < -0.4 is 0 Å². The van der Waals surface area contributed by atoms with Gasteiger partial charge in [-0.3, -0.25) is 0 Å². The maximum absolute atomic E-state index is 8.55. The van der Waals surface area contributed by atoms with Gasteiger partial charge in [0.2, 0.25) is 0 Å². The van der Waals surface area contributed by atoms with Crippen LogP contribution >= 0.6 is 9.24 Å². The summed E-state index contributed by atoms with van der Waals surface area (Å²) in [6.45, 7) is 0. The van der Waals surface area contributed by atoms with Crippen molar-refractivity contribution < 1.29 is 0 Å². The van der Waals surface area contributed by atoms with Gasteiger partial charge in [0.25, 0.3) is 0 Å². The van der Waals surface area contributed by atoms with Crippen LogP contribution in [-0.2, 0) is 0 Å². The Labute approximate surface area is 64.0 Å². The van der Waals surface area contributed by atoms with E-state index in [1.807, 2.05) is 0 Å². The smallest absolute Gasteiger partial charge is 0.0656 e. The molecule has 2 heteroatoms. The molecule has 1 unspecified atom stereocenters. The quantitative estimate of drug-likeness (QED) is 0.488. The van der Waals surface area contributed by atoms with E-state index in [0.29, 0.717) is 11.3 Å². The summed E-state index contributed by atoms with van der Waals surface area (Å²) in [6.07, 6.45) is 5.09. The fourth-order valence-corrected chi connectivity index (χ4v) is 3.46. The van der Waals surface area contributed by atoms with Gasteiger partial charge in [0, 0.05) is 5.92 Å². The lowest BCUT2D eigenvalue weighted by atomic mass is 9.52. The van der Waals surface area contributed by atoms with Crippen molar-refractivity contribution in [1.29, 1.82) is 5.26 Å². The van der Waals surface area contributed by atoms with Gasteiger partial charge in [-0.15, -0.1) is 9.24 Å². The number of nitriles is 1. The average molecular weight is 153 g/mol. The molecule has 2 aliphatic rings. The summed E-state index contributed by atoms with van der Waals surface area (Å²) < 4.78 is 0. The fraction of sp³-hybridized carbons (Fsp3) is 0.875. The Morgan fingerprint density at radius 2 is 1.90 bits per heavy atom. The second-order valence-corrected chi connectivity index (χ2v) is 4.85. The molecule has 0 amide bonds. The summed E-state index contributed by atoms with van der Waals surface area (Å²) in [5, 5.41) is 8.55. The first-order chi connectivity index (χ1) is 4.74. The van der Waals surface area contributed by atoms with Crippen LogP contribution in [0.1, 0.15) is 25.7 Å². The molecule has 2 fully saturated rings. The van der Waals surface area contributed by atoms with Crippen molar-refractivity contribution in [2.45, 2.75) is 31.3 Å². The molecule has 1 atom stereocenters. The first kappa shape index (κ1) is 6.62. The summed E-state index contributed by atoms with van der Waals surface area (Å²) in [7, 11) is 2.87. The molecule has 0 radical (unpaired) electrons. The molecule has 0 saturated heterocycles. The number of nitrogens with zero attached hydrogens (tertiary/aromatic N) is 1. The van der Waals surface area contributed by atoms with Gasteiger partial charge in [-0.2, -0.15) is 5.26 Å². The van der Waals surface area contributed by atoms with Crippen LogP contribution in [0.4, 0.5) is 0 Å². The lowest BCUT2D eigenvalue weighted by Gasteiger charge is -2.55. The molecule has 0 aromatic carbocycles. The highest BCUT2D eigenvalue weighted by molar-refractivity contribution is 7.17. The lowest BCUT2D eigenvalue weighted by molar-refractivity contribution is 0.00469. The molecule has 0 aromatic heterocycles. The van der Waals surface area contributed by atoms with Crippen LogP contribution in [0.5, 0.6) is 0 Å². The molecular weight excluding hydrogens is 141 g/mol. The zero-order valence-corrected chi connectivity index (χ0v) is 7.16. The first-order valence-corrected chi connectivity index (χ1v) is 4.56. The monoisotopic (exact) mass is 153 g/mol. The third-order valence-corrected chi connectivity index (χ3v) is 3.40. The minimum Gasteiger partial charge on any atom is -0.198 e. The van der Waals surface area contributed by atoms with Gasteiger partial charge in [-0.25, -0.2) is 0 Å². The molecule has 0 aliphatic heterocycles. The molecule has 2 saturated carbocycles. The van der Waals surface area contributed by atoms with Gasteiger partial charge in [-0.05, 0) is 36.8 Å². The third-order valence-electron chi connectivity index (χ3n) is 2.93. The maximum Gasteiger partial charge on any atom is 0.0656 e. The molecule has 10 heavy (non-hydrogen) atoms. The zero-order valence-electron chi connectivity index (χ0n) is 6.01. The Balaban J connectivity index is 1.86. The van der Waals surface area contributed by atoms with Crippen LogP contribution in [0.15, 0.2) is 0 Å². The van der Waals surface area contributed by atoms with E-state index in [9.17, 15) is 0 Å². The van der Waals surface area contributed by atoms with Crippen molar-refractivity contribution in [3.05, 3.63) is 0 Å². The highest BCUT2D eigenvalue weighted by atomic mass is 31.0. The molecule has 0 bridgehead atoms. The SMILES string of the molecule is N#CC1CC2(CC(P)C2)C1. The van der Waals surface area contributed by atoms with Crippen molar-refractivity contribution >= 4 is 9.24 Å². The van der Waals surface area contributed by atoms with Gasteiger partial charge in [-0.1, -0.05) is 0 Å². The average Bonchev–Trinajstić information content (AvgIpc) is 1.74. The van der Waals surface area contributed by atoms with E-state index in [-0.39, 0.29) is 0 Å². The second-order valence-electron chi connectivity index (χ2n) is 3.90. The Hall–Kier alpha value is -0.0800. The van der Waals surface area contributed by atoms with Gasteiger partial charge < -0.3 is 0 Å². The van der Waals surface area contributed by atoms with E-state index in [1.165, 1.54) is 25.7 Å². The largest absolute Gasteiger partial charge is 0.198 e. The molecule has 54 valence electrons. The van der Waals surface area contributed by atoms with Crippen molar-refractivity contribution in [3.63, 3.8) is 0 Å². The summed E-state index contributed by atoms with van der Waals surface area (Å²) >= 11 is 0. The highest BCUT2D eigenvalue weighted by Gasteiger charge is 2.51. The van der Waals surface area contributed by atoms with E-state index in [1.54, 1.807) is 0 Å². The number of hydrogen-bond acceptors (Lipinski definition) is 1. The van der Waals surface area contributed by atoms with E-state index in [0.717, 1.165) is 5.66 Å². The van der Waals surface area contributed by atoms with Crippen LogP contribution in [0, 0.1) is 22.7 Å². The zero-order chi connectivity index (χ0) is 7.19. The van der Waals surface area contributed by atoms with E-state index in [4.69, 9.17) is 5.26 Å². The van der Waals surface area contributed by atoms with Crippen LogP contribution in [0.25, 0.3) is 0 Å². The predicted octanol–water partition coefficient (Wildman–Crippen LogP) is 1.94. The number of hydrogen-bond donors (Lipinski definition) is 0. The fourth-order valence-electron chi connectivity index (χ4n) is 2.46. The predicted molar refractivity (Wildman–Crippen MR) is 43.5 cm³/mol. The standard InChI is InChI=1S/C8H12NP/c9-5-6-1-8(2-6)3-7(10)4-8/h6-7H,1-4,10H2. The van der Waals surface area contributed by atoms with Crippen molar-refractivity contribution in [1.82, 2.24) is 0 Å². The van der Waals surface area contributed by atoms with E-state index >= 15 is 0 Å². The molecular formula is C8H12NP. The van der Waals surface area contributed by atoms with Crippen molar-refractivity contribution in [3.8, 4) is 6.07 Å². The Morgan fingerprint density at radius 1 is 1.30 bits per heavy atom. The summed E-state index contributed by atoms with van der Waals surface area (Å²) in [6, 6.07) is 2.33. The Morgan fingerprint density at radius 3 is 2.30 bits per heavy atom. The highest BCUT2D eigenvalue weighted by Crippen LogP contribution is 2.60. The lowest BCUT2D eigenvalue weighted by Crippen LogP contribution is -2.47. The van der Waals surface area contributed by atoms with E-state index in [2.05, 4.69) is 15.3 Å². The Bertz CT molecular complexity index is 180. The van der Waals surface area contributed by atoms with Gasteiger partial charge in [0.05, 0.1) is 6.07 Å². The van der Waals surface area contributed by atoms with Crippen molar-refractivity contribution in [2.24, 2.45) is 11.3 Å². The molecule has 1 spiro atoms. The Kier molecular flexibility index (Phi) is 1.29. The maximum atomic E-state index is 8.55. The topological polar surface area (TPSA) is 23.8 Å². The van der Waals surface area contributed by atoms with Crippen molar-refractivity contribution in [2.75, 3.05) is 0 Å². The number of rotatable bonds is 0. The molecule has 2 aliphatic carbocycles. The molecule has 0 aromatic rings. The van der Waals surface area contributed by atoms with Crippen LogP contribution in [-0.4, -0.2) is 5.66 Å². The molecule has 1 nitrogen and oxygen atoms in total. The van der Waals surface area contributed by atoms with Gasteiger partial charge in [0.15, 0.2) is 0 Å². The van der Waals surface area contributed by atoms with Crippen LogP contribution in [0.3, 0.4) is 0 Å². The van der Waals surface area contributed by atoms with E-state index < -0.39 is 0 Å². The minimum absolute atomic E-state index is 0.400. The minimum atomic E-state index is 0.400. The summed E-state index contributed by atoms with van der Waals surface area (Å²) in [5.74, 6) is 0.400. The summed E-state index contributed by atoms with van der Waals surface area (Å²) in [5.41, 5.74) is 1.51. The second kappa shape index (κ2) is 1.95. The molecule has 0 heterocycles. The molecule has 0 N–H and O–H groups in total. The van der Waals surface area contributed by atoms with Gasteiger partial charge >= 0.3 is 0 Å².